The first kappa shape index (κ1) is 19.4. The van der Waals surface area contributed by atoms with E-state index >= 15 is 0 Å². The average molecular weight is 354 g/mol. The Bertz CT molecular complexity index is 749. The number of aromatic amines is 1. The highest BCUT2D eigenvalue weighted by atomic mass is 16.2. The molecule has 138 valence electrons. The van der Waals surface area contributed by atoms with Gasteiger partial charge in [0.25, 0.3) is 0 Å². The van der Waals surface area contributed by atoms with Gasteiger partial charge in [-0.1, -0.05) is 18.7 Å². The van der Waals surface area contributed by atoms with Gasteiger partial charge in [-0.2, -0.15) is 5.10 Å². The van der Waals surface area contributed by atoms with Gasteiger partial charge in [0.1, 0.15) is 5.84 Å². The molecule has 0 bridgehead atoms. The van der Waals surface area contributed by atoms with Gasteiger partial charge in [-0.25, -0.2) is 4.99 Å². The highest BCUT2D eigenvalue weighted by Gasteiger charge is 2.12. The number of amidine groups is 1. The molecule has 0 saturated heterocycles. The number of amides is 1. The van der Waals surface area contributed by atoms with E-state index in [1.54, 1.807) is 18.0 Å². The third-order valence-electron chi connectivity index (χ3n) is 3.99. The van der Waals surface area contributed by atoms with Gasteiger partial charge in [-0.3, -0.25) is 9.89 Å². The Morgan fingerprint density at radius 3 is 2.65 bits per heavy atom. The lowest BCUT2D eigenvalue weighted by Crippen LogP contribution is -2.35. The first-order chi connectivity index (χ1) is 12.5. The molecule has 0 saturated carbocycles. The molecule has 0 aliphatic carbocycles. The van der Waals surface area contributed by atoms with Crippen LogP contribution in [0.15, 0.2) is 53.8 Å². The maximum absolute atomic E-state index is 11.8. The average Bonchev–Trinajstić information content (AvgIpc) is 3.16. The number of nitrogens with zero attached hydrogens (tertiary/aromatic N) is 3. The van der Waals surface area contributed by atoms with Gasteiger partial charge in [0, 0.05) is 37.3 Å². The fraction of sp³-hybridized carbons (Fsp3) is 0.316. The van der Waals surface area contributed by atoms with Crippen molar-refractivity contribution in [2.75, 3.05) is 26.7 Å². The fourth-order valence-electron chi connectivity index (χ4n) is 2.46. The Morgan fingerprint density at radius 2 is 2.08 bits per heavy atom. The van der Waals surface area contributed by atoms with E-state index < -0.39 is 0 Å². The molecule has 0 radical (unpaired) electrons. The minimum atomic E-state index is -0.000446. The Labute approximate surface area is 154 Å². The molecule has 7 nitrogen and oxygen atoms in total. The Morgan fingerprint density at radius 1 is 1.35 bits per heavy atom. The molecule has 0 aliphatic heterocycles. The minimum Gasteiger partial charge on any atom is -0.383 e. The molecule has 4 N–H and O–H groups in total. The summed E-state index contributed by atoms with van der Waals surface area (Å²) in [5.74, 6) is 0.334. The van der Waals surface area contributed by atoms with Gasteiger partial charge < -0.3 is 16.0 Å². The number of H-pyrrole nitrogens is 1. The topological polar surface area (TPSA) is 99.4 Å². The third kappa shape index (κ3) is 5.56. The van der Waals surface area contributed by atoms with Crippen molar-refractivity contribution in [3.8, 4) is 11.1 Å². The molecule has 2 aromatic rings. The van der Waals surface area contributed by atoms with Crippen molar-refractivity contribution in [2.45, 2.75) is 13.3 Å². The summed E-state index contributed by atoms with van der Waals surface area (Å²) in [4.78, 5) is 17.9. The van der Waals surface area contributed by atoms with E-state index in [9.17, 15) is 4.79 Å². The van der Waals surface area contributed by atoms with Crippen LogP contribution in [-0.4, -0.2) is 53.5 Å². The Hall–Kier alpha value is -2.93. The van der Waals surface area contributed by atoms with Gasteiger partial charge in [0.2, 0.25) is 5.91 Å². The van der Waals surface area contributed by atoms with Crippen LogP contribution in [0.3, 0.4) is 0 Å². The van der Waals surface area contributed by atoms with Gasteiger partial charge in [0.15, 0.2) is 0 Å². The lowest BCUT2D eigenvalue weighted by molar-refractivity contribution is -0.128. The molecule has 2 rings (SSSR count). The molecular formula is C19H26N6O. The maximum Gasteiger partial charge on any atom is 0.219 e. The van der Waals surface area contributed by atoms with Crippen LogP contribution in [0.5, 0.6) is 0 Å². The fourth-order valence-corrected chi connectivity index (χ4v) is 2.46. The second-order valence-electron chi connectivity index (χ2n) is 6.03. The zero-order valence-corrected chi connectivity index (χ0v) is 15.3. The van der Waals surface area contributed by atoms with Crippen molar-refractivity contribution < 1.29 is 4.79 Å². The second-order valence-corrected chi connectivity index (χ2v) is 6.03. The van der Waals surface area contributed by atoms with Crippen LogP contribution in [0, 0.1) is 0 Å². The number of nitrogens with one attached hydrogen (secondary N) is 2. The van der Waals surface area contributed by atoms with Crippen LogP contribution in [0.25, 0.3) is 11.1 Å². The number of carbonyl (C=O) groups is 1. The van der Waals surface area contributed by atoms with Crippen LogP contribution < -0.4 is 11.1 Å². The van der Waals surface area contributed by atoms with E-state index in [4.69, 9.17) is 5.73 Å². The summed E-state index contributed by atoms with van der Waals surface area (Å²) in [6.45, 7) is 7.41. The predicted octanol–water partition coefficient (Wildman–Crippen LogP) is 2.08. The summed E-state index contributed by atoms with van der Waals surface area (Å²) in [6, 6.07) is 7.69. The van der Waals surface area contributed by atoms with Gasteiger partial charge in [-0.05, 0) is 37.7 Å². The molecule has 1 heterocycles. The summed E-state index contributed by atoms with van der Waals surface area (Å²) in [5, 5.41) is 9.80. The minimum absolute atomic E-state index is 0.000446. The number of hydrogen-bond donors (Lipinski definition) is 3. The molecular weight excluding hydrogens is 328 g/mol. The van der Waals surface area contributed by atoms with Crippen molar-refractivity contribution in [3.05, 3.63) is 48.8 Å². The van der Waals surface area contributed by atoms with Crippen LogP contribution in [0.2, 0.25) is 0 Å². The van der Waals surface area contributed by atoms with Crippen LogP contribution in [-0.2, 0) is 4.79 Å². The molecule has 7 heteroatoms. The summed E-state index contributed by atoms with van der Waals surface area (Å²) in [5.41, 5.74) is 9.49. The Balaban J connectivity index is 2.00. The first-order valence-corrected chi connectivity index (χ1v) is 8.53. The number of carbonyl (C=O) groups excluding carboxylic acids is 1. The number of aromatic nitrogens is 2. The highest BCUT2D eigenvalue weighted by Crippen LogP contribution is 2.21. The number of hydrogen-bond acceptors (Lipinski definition) is 4. The number of nitrogens with two attached hydrogens (primary N) is 1. The van der Waals surface area contributed by atoms with E-state index in [0.717, 1.165) is 29.8 Å². The van der Waals surface area contributed by atoms with Crippen molar-refractivity contribution in [2.24, 2.45) is 10.7 Å². The predicted molar refractivity (Wildman–Crippen MR) is 105 cm³/mol. The number of rotatable bonds is 9. The van der Waals surface area contributed by atoms with E-state index in [0.29, 0.717) is 24.5 Å². The van der Waals surface area contributed by atoms with E-state index in [1.807, 2.05) is 37.5 Å². The Kier molecular flexibility index (Phi) is 7.11. The number of aliphatic imine (C=N–C) groups is 1. The molecule has 0 spiro atoms. The van der Waals surface area contributed by atoms with Gasteiger partial charge in [0.05, 0.1) is 11.9 Å². The first-order valence-electron chi connectivity index (χ1n) is 8.53. The molecule has 1 amide bonds. The maximum atomic E-state index is 11.8. The van der Waals surface area contributed by atoms with Crippen molar-refractivity contribution in [1.29, 1.82) is 0 Å². The molecule has 0 unspecified atom stereocenters. The molecule has 0 aliphatic rings. The SMILES string of the molecule is C=C(CN(CCCNC)C(C)=O)C(N)=Nc1ccc(-c2cn[nH]c2)cc1. The smallest absolute Gasteiger partial charge is 0.219 e. The monoisotopic (exact) mass is 354 g/mol. The molecule has 1 aromatic heterocycles. The van der Waals surface area contributed by atoms with E-state index in [1.165, 1.54) is 0 Å². The van der Waals surface area contributed by atoms with Crippen LogP contribution in [0.4, 0.5) is 5.69 Å². The van der Waals surface area contributed by atoms with Crippen LogP contribution >= 0.6 is 0 Å². The lowest BCUT2D eigenvalue weighted by atomic mass is 10.1. The normalized spacial score (nSPS) is 11.4. The quantitative estimate of drug-likeness (QED) is 0.365. The summed E-state index contributed by atoms with van der Waals surface area (Å²) >= 11 is 0. The standard InChI is InChI=1S/C19H26N6O/c1-14(13-25(15(2)26)10-4-9-21-3)19(20)24-18-7-5-16(6-8-18)17-11-22-23-12-17/h5-8,11-12,21H,1,4,9-10,13H2,2-3H3,(H2,20,24)(H,22,23). The zero-order chi connectivity index (χ0) is 18.9. The second kappa shape index (κ2) is 9.53. The van der Waals surface area contributed by atoms with Crippen molar-refractivity contribution >= 4 is 17.4 Å². The lowest BCUT2D eigenvalue weighted by Gasteiger charge is -2.22. The highest BCUT2D eigenvalue weighted by molar-refractivity contribution is 5.98. The van der Waals surface area contributed by atoms with E-state index in [-0.39, 0.29) is 5.91 Å². The number of benzene rings is 1. The molecule has 26 heavy (non-hydrogen) atoms. The molecule has 1 aromatic carbocycles. The van der Waals surface area contributed by atoms with Gasteiger partial charge >= 0.3 is 0 Å². The summed E-state index contributed by atoms with van der Waals surface area (Å²) < 4.78 is 0. The third-order valence-corrected chi connectivity index (χ3v) is 3.99. The summed E-state index contributed by atoms with van der Waals surface area (Å²) in [6.07, 6.45) is 4.47. The largest absolute Gasteiger partial charge is 0.383 e. The summed E-state index contributed by atoms with van der Waals surface area (Å²) in [7, 11) is 1.89. The van der Waals surface area contributed by atoms with Gasteiger partial charge in [-0.15, -0.1) is 0 Å². The van der Waals surface area contributed by atoms with Crippen molar-refractivity contribution in [1.82, 2.24) is 20.4 Å². The molecule has 0 fully saturated rings. The molecule has 0 atom stereocenters. The zero-order valence-electron chi connectivity index (χ0n) is 15.3. The van der Waals surface area contributed by atoms with Crippen LogP contribution in [0.1, 0.15) is 13.3 Å². The van der Waals surface area contributed by atoms with E-state index in [2.05, 4.69) is 27.1 Å². The van der Waals surface area contributed by atoms with Crippen molar-refractivity contribution in [3.63, 3.8) is 0 Å².